The minimum absolute atomic E-state index is 0.00447. The van der Waals surface area contributed by atoms with Gasteiger partial charge in [0.2, 0.25) is 0 Å². The average molecular weight is 504 g/mol. The number of rotatable bonds is 7. The van der Waals surface area contributed by atoms with Crippen LogP contribution in [0.1, 0.15) is 41.6 Å². The second-order valence-electron chi connectivity index (χ2n) is 9.79. The number of nitrogens with two attached hydrogens (primary N) is 1. The number of likely N-dealkylation sites (tertiary alicyclic amines) is 1. The maximum atomic E-state index is 13.0. The molecule has 1 aromatic carbocycles. The number of nitrogens with zero attached hydrogens (tertiary/aromatic N) is 4. The van der Waals surface area contributed by atoms with Gasteiger partial charge in [0.15, 0.2) is 0 Å². The van der Waals surface area contributed by atoms with Crippen molar-refractivity contribution in [1.82, 2.24) is 30.3 Å². The number of carbonyl (C=O) groups is 2. The summed E-state index contributed by atoms with van der Waals surface area (Å²) in [7, 11) is 1.83. The summed E-state index contributed by atoms with van der Waals surface area (Å²) in [5, 5.41) is 10.3. The molecule has 2 fully saturated rings. The summed E-state index contributed by atoms with van der Waals surface area (Å²) in [5.74, 6) is -0.131. The number of anilines is 1. The number of ether oxygens (including phenoxy) is 1. The predicted molar refractivity (Wildman–Crippen MR) is 139 cm³/mol. The van der Waals surface area contributed by atoms with Crippen molar-refractivity contribution in [3.05, 3.63) is 66.1 Å². The van der Waals surface area contributed by atoms with E-state index in [4.69, 9.17) is 10.5 Å². The third-order valence-corrected chi connectivity index (χ3v) is 7.08. The first kappa shape index (κ1) is 24.8. The van der Waals surface area contributed by atoms with E-state index in [2.05, 4.69) is 20.7 Å². The Morgan fingerprint density at radius 2 is 1.95 bits per heavy atom. The fourth-order valence-electron chi connectivity index (χ4n) is 5.03. The number of aromatic nitrogens is 3. The van der Waals surface area contributed by atoms with Gasteiger partial charge in [-0.2, -0.15) is 5.10 Å². The van der Waals surface area contributed by atoms with Crippen LogP contribution in [0.4, 0.5) is 10.6 Å². The van der Waals surface area contributed by atoms with Gasteiger partial charge in [-0.15, -0.1) is 0 Å². The number of amides is 3. The first-order valence-corrected chi connectivity index (χ1v) is 12.7. The molecular formula is C27H33N7O3. The Bertz CT molecular complexity index is 1250. The van der Waals surface area contributed by atoms with Crippen LogP contribution in [-0.2, 0) is 18.4 Å². The molecule has 0 spiro atoms. The molecule has 1 saturated heterocycles. The van der Waals surface area contributed by atoms with E-state index < -0.39 is 0 Å². The smallest absolute Gasteiger partial charge is 0.317 e. The summed E-state index contributed by atoms with van der Waals surface area (Å²) in [4.78, 5) is 31.9. The van der Waals surface area contributed by atoms with Crippen LogP contribution in [0.15, 0.2) is 55.0 Å². The van der Waals surface area contributed by atoms with E-state index in [1.165, 1.54) is 0 Å². The molecular weight excluding hydrogens is 470 g/mol. The second-order valence-corrected chi connectivity index (χ2v) is 9.79. The van der Waals surface area contributed by atoms with Gasteiger partial charge in [0.25, 0.3) is 5.91 Å². The van der Waals surface area contributed by atoms with Crippen LogP contribution in [0.3, 0.4) is 0 Å². The monoisotopic (exact) mass is 503 g/mol. The predicted octanol–water partition coefficient (Wildman–Crippen LogP) is 2.72. The summed E-state index contributed by atoms with van der Waals surface area (Å²) in [6.45, 7) is 1.55. The highest BCUT2D eigenvalue weighted by Crippen LogP contribution is 2.25. The summed E-state index contributed by atoms with van der Waals surface area (Å²) in [5.41, 5.74) is 9.07. The summed E-state index contributed by atoms with van der Waals surface area (Å²) in [6, 6.07) is 11.5. The Hall–Kier alpha value is -3.92. The Morgan fingerprint density at radius 3 is 2.73 bits per heavy atom. The third-order valence-electron chi connectivity index (χ3n) is 7.08. The average Bonchev–Trinajstić information content (AvgIpc) is 3.65. The van der Waals surface area contributed by atoms with Crippen molar-refractivity contribution in [3.63, 3.8) is 0 Å². The van der Waals surface area contributed by atoms with E-state index in [1.54, 1.807) is 28.0 Å². The quantitative estimate of drug-likeness (QED) is 0.455. The molecule has 2 aromatic heterocycles. The zero-order chi connectivity index (χ0) is 25.8. The molecule has 1 aliphatic carbocycles. The first-order valence-electron chi connectivity index (χ1n) is 12.7. The van der Waals surface area contributed by atoms with Crippen molar-refractivity contribution in [3.8, 4) is 11.1 Å². The highest BCUT2D eigenvalue weighted by Gasteiger charge is 2.33. The summed E-state index contributed by atoms with van der Waals surface area (Å²) in [6.07, 6.45) is 8.73. The van der Waals surface area contributed by atoms with Gasteiger partial charge in [-0.05, 0) is 37.3 Å². The topological polar surface area (TPSA) is 127 Å². The molecule has 5 rings (SSSR count). The molecule has 0 bridgehead atoms. The van der Waals surface area contributed by atoms with Gasteiger partial charge < -0.3 is 26.0 Å². The van der Waals surface area contributed by atoms with Crippen LogP contribution in [-0.4, -0.2) is 62.9 Å². The molecule has 194 valence electrons. The number of hydrogen-bond donors (Lipinski definition) is 3. The van der Waals surface area contributed by atoms with Gasteiger partial charge in [-0.1, -0.05) is 30.3 Å². The molecule has 3 atom stereocenters. The van der Waals surface area contributed by atoms with Crippen LogP contribution in [0.2, 0.25) is 0 Å². The molecule has 1 aliphatic heterocycles. The lowest BCUT2D eigenvalue weighted by molar-refractivity contribution is 0.0291. The standard InChI is InChI=1S/C27H33N7O3/c1-33-15-20(14-30-33)19-12-22(25(28)29-13-19)26(35)31-21-10-11-34(16-21)27(36)32-23-8-5-9-24(23)37-17-18-6-3-2-4-7-18/h2-4,6-7,12-15,21,23-24H,5,8-11,16-17H2,1H3,(H2,28,29)(H,31,35)(H,32,36)/t21-,23+,24+/m1/s1. The van der Waals surface area contributed by atoms with Crippen LogP contribution in [0, 0.1) is 0 Å². The van der Waals surface area contributed by atoms with Crippen molar-refractivity contribution in [2.45, 2.75) is 50.5 Å². The van der Waals surface area contributed by atoms with Crippen LogP contribution in [0.5, 0.6) is 0 Å². The van der Waals surface area contributed by atoms with E-state index >= 15 is 0 Å². The zero-order valence-electron chi connectivity index (χ0n) is 21.0. The van der Waals surface area contributed by atoms with Gasteiger partial charge in [0.05, 0.1) is 30.5 Å². The SMILES string of the molecule is Cn1cc(-c2cnc(N)c(C(=O)N[C@@H]3CCN(C(=O)N[C@H]4CCC[C@@H]4OCc4ccccc4)C3)c2)cn1. The molecule has 1 saturated carbocycles. The van der Waals surface area contributed by atoms with Crippen LogP contribution >= 0.6 is 0 Å². The number of carbonyl (C=O) groups excluding carboxylic acids is 2. The van der Waals surface area contributed by atoms with Crippen molar-refractivity contribution >= 4 is 17.8 Å². The van der Waals surface area contributed by atoms with Crippen LogP contribution < -0.4 is 16.4 Å². The normalized spacial score (nSPS) is 21.2. The molecule has 10 heteroatoms. The van der Waals surface area contributed by atoms with E-state index in [1.807, 2.05) is 43.6 Å². The molecule has 3 amide bonds. The number of benzene rings is 1. The van der Waals surface area contributed by atoms with Gasteiger partial charge in [0.1, 0.15) is 5.82 Å². The molecule has 37 heavy (non-hydrogen) atoms. The Labute approximate surface area is 216 Å². The maximum Gasteiger partial charge on any atom is 0.317 e. The van der Waals surface area contributed by atoms with Gasteiger partial charge >= 0.3 is 6.03 Å². The number of hydrogen-bond acceptors (Lipinski definition) is 6. The molecule has 0 unspecified atom stereocenters. The Kier molecular flexibility index (Phi) is 7.36. The fraction of sp³-hybridized carbons (Fsp3) is 0.407. The molecule has 2 aliphatic rings. The zero-order valence-corrected chi connectivity index (χ0v) is 21.0. The van der Waals surface area contributed by atoms with Crippen molar-refractivity contribution in [2.24, 2.45) is 7.05 Å². The van der Waals surface area contributed by atoms with E-state index in [-0.39, 0.29) is 35.9 Å². The Morgan fingerprint density at radius 1 is 1.11 bits per heavy atom. The minimum atomic E-state index is -0.298. The van der Waals surface area contributed by atoms with Crippen molar-refractivity contribution in [2.75, 3.05) is 18.8 Å². The van der Waals surface area contributed by atoms with Gasteiger partial charge in [0, 0.05) is 49.7 Å². The first-order chi connectivity index (χ1) is 18.0. The molecule has 3 aromatic rings. The third kappa shape index (κ3) is 5.91. The highest BCUT2D eigenvalue weighted by atomic mass is 16.5. The molecule has 10 nitrogen and oxygen atoms in total. The minimum Gasteiger partial charge on any atom is -0.383 e. The largest absolute Gasteiger partial charge is 0.383 e. The lowest BCUT2D eigenvalue weighted by Gasteiger charge is -2.25. The van der Waals surface area contributed by atoms with E-state index in [9.17, 15) is 9.59 Å². The Balaban J connectivity index is 1.13. The number of nitrogen functional groups attached to an aromatic ring is 1. The number of aryl methyl sites for hydroxylation is 1. The molecule has 0 radical (unpaired) electrons. The van der Waals surface area contributed by atoms with E-state index in [0.717, 1.165) is 36.0 Å². The molecule has 3 heterocycles. The second kappa shape index (κ2) is 11.0. The lowest BCUT2D eigenvalue weighted by Crippen LogP contribution is -2.48. The van der Waals surface area contributed by atoms with Crippen molar-refractivity contribution < 1.29 is 14.3 Å². The highest BCUT2D eigenvalue weighted by molar-refractivity contribution is 5.99. The molecule has 4 N–H and O–H groups in total. The summed E-state index contributed by atoms with van der Waals surface area (Å²) < 4.78 is 7.82. The van der Waals surface area contributed by atoms with Gasteiger partial charge in [-0.3, -0.25) is 9.48 Å². The maximum absolute atomic E-state index is 13.0. The number of pyridine rings is 1. The van der Waals surface area contributed by atoms with E-state index in [0.29, 0.717) is 31.7 Å². The number of nitrogens with one attached hydrogen (secondary N) is 2. The number of urea groups is 1. The van der Waals surface area contributed by atoms with Gasteiger partial charge in [-0.25, -0.2) is 9.78 Å². The van der Waals surface area contributed by atoms with Crippen LogP contribution in [0.25, 0.3) is 11.1 Å². The fourth-order valence-corrected chi connectivity index (χ4v) is 5.03. The van der Waals surface area contributed by atoms with Crippen molar-refractivity contribution in [1.29, 1.82) is 0 Å². The summed E-state index contributed by atoms with van der Waals surface area (Å²) >= 11 is 0. The lowest BCUT2D eigenvalue weighted by atomic mass is 10.1.